The number of oxime groups is 1. The van der Waals surface area contributed by atoms with Crippen LogP contribution in [-0.2, 0) is 4.79 Å². The van der Waals surface area contributed by atoms with Crippen LogP contribution < -0.4 is 5.32 Å². The summed E-state index contributed by atoms with van der Waals surface area (Å²) in [6.07, 6.45) is 2.00. The minimum Gasteiger partial charge on any atom is -0.411 e. The quantitative estimate of drug-likeness (QED) is 0.361. The van der Waals surface area contributed by atoms with Crippen LogP contribution in [0.4, 0.5) is 0 Å². The van der Waals surface area contributed by atoms with Crippen LogP contribution in [0.1, 0.15) is 27.2 Å². The molecule has 0 saturated carbocycles. The second-order valence-electron chi connectivity index (χ2n) is 2.70. The standard InChI is InChI=1S/C7H14N2O2/c1-4-7(3,5-8-11)9-6(2)10/h5,11H,4H2,1-3H3,(H,9,10). The largest absolute Gasteiger partial charge is 0.411 e. The first kappa shape index (κ1) is 9.94. The highest BCUT2D eigenvalue weighted by molar-refractivity contribution is 5.80. The van der Waals surface area contributed by atoms with Gasteiger partial charge in [0.15, 0.2) is 0 Å². The number of carbonyl (C=O) groups is 1. The van der Waals surface area contributed by atoms with E-state index in [0.29, 0.717) is 6.42 Å². The van der Waals surface area contributed by atoms with E-state index in [9.17, 15) is 4.79 Å². The Morgan fingerprint density at radius 3 is 2.64 bits per heavy atom. The van der Waals surface area contributed by atoms with Gasteiger partial charge in [0.1, 0.15) is 0 Å². The third-order valence-corrected chi connectivity index (χ3v) is 1.54. The third-order valence-electron chi connectivity index (χ3n) is 1.54. The molecular formula is C7H14N2O2. The van der Waals surface area contributed by atoms with Crippen LogP contribution in [0.15, 0.2) is 5.16 Å². The highest BCUT2D eigenvalue weighted by Crippen LogP contribution is 2.04. The minimum atomic E-state index is -0.527. The van der Waals surface area contributed by atoms with Crippen LogP contribution in [0.3, 0.4) is 0 Å². The maximum Gasteiger partial charge on any atom is 0.217 e. The van der Waals surface area contributed by atoms with Crippen molar-refractivity contribution >= 4 is 12.1 Å². The molecule has 1 unspecified atom stereocenters. The Bertz CT molecular complexity index is 168. The molecule has 0 aromatic rings. The van der Waals surface area contributed by atoms with Gasteiger partial charge in [0.25, 0.3) is 0 Å². The Hall–Kier alpha value is -1.06. The summed E-state index contributed by atoms with van der Waals surface area (Å²) in [6.45, 7) is 5.12. The van der Waals surface area contributed by atoms with Gasteiger partial charge in [0.05, 0.1) is 11.8 Å². The molecule has 0 heterocycles. The molecule has 0 fully saturated rings. The van der Waals surface area contributed by atoms with Gasteiger partial charge in [0.2, 0.25) is 5.91 Å². The molecule has 0 spiro atoms. The first-order valence-corrected chi connectivity index (χ1v) is 3.51. The Morgan fingerprint density at radius 2 is 2.36 bits per heavy atom. The van der Waals surface area contributed by atoms with Crippen molar-refractivity contribution in [3.63, 3.8) is 0 Å². The van der Waals surface area contributed by atoms with E-state index in [1.54, 1.807) is 6.92 Å². The Labute approximate surface area is 66.3 Å². The van der Waals surface area contributed by atoms with Crippen molar-refractivity contribution in [3.05, 3.63) is 0 Å². The predicted molar refractivity (Wildman–Crippen MR) is 42.8 cm³/mol. The molecule has 0 bridgehead atoms. The van der Waals surface area contributed by atoms with Crippen molar-refractivity contribution in [1.29, 1.82) is 0 Å². The number of rotatable bonds is 3. The molecule has 0 aromatic heterocycles. The van der Waals surface area contributed by atoms with Gasteiger partial charge in [-0.3, -0.25) is 4.79 Å². The zero-order chi connectivity index (χ0) is 8.91. The van der Waals surface area contributed by atoms with Gasteiger partial charge < -0.3 is 10.5 Å². The lowest BCUT2D eigenvalue weighted by molar-refractivity contribution is -0.120. The van der Waals surface area contributed by atoms with Gasteiger partial charge in [0, 0.05) is 6.92 Å². The fourth-order valence-corrected chi connectivity index (χ4v) is 0.742. The predicted octanol–water partition coefficient (Wildman–Crippen LogP) is 0.751. The summed E-state index contributed by atoms with van der Waals surface area (Å²) in [5, 5.41) is 13.8. The molecule has 64 valence electrons. The normalized spacial score (nSPS) is 16.3. The van der Waals surface area contributed by atoms with Gasteiger partial charge in [-0.25, -0.2) is 0 Å². The molecule has 0 rings (SSSR count). The zero-order valence-electron chi connectivity index (χ0n) is 7.09. The highest BCUT2D eigenvalue weighted by Gasteiger charge is 2.19. The summed E-state index contributed by atoms with van der Waals surface area (Å²) in [4.78, 5) is 10.6. The number of carbonyl (C=O) groups excluding carboxylic acids is 1. The smallest absolute Gasteiger partial charge is 0.217 e. The summed E-state index contributed by atoms with van der Waals surface area (Å²) in [5.74, 6) is -0.130. The SMILES string of the molecule is CCC(C)(C=NO)NC(C)=O. The van der Waals surface area contributed by atoms with Crippen molar-refractivity contribution in [2.75, 3.05) is 0 Å². The van der Waals surface area contributed by atoms with Gasteiger partial charge in [-0.15, -0.1) is 0 Å². The second kappa shape index (κ2) is 3.95. The molecule has 1 amide bonds. The summed E-state index contributed by atoms with van der Waals surface area (Å²) >= 11 is 0. The van der Waals surface area contributed by atoms with Crippen LogP contribution >= 0.6 is 0 Å². The van der Waals surface area contributed by atoms with E-state index in [2.05, 4.69) is 10.5 Å². The van der Waals surface area contributed by atoms with E-state index in [1.807, 2.05) is 6.92 Å². The van der Waals surface area contributed by atoms with Gasteiger partial charge in [-0.05, 0) is 13.3 Å². The van der Waals surface area contributed by atoms with Crippen molar-refractivity contribution in [1.82, 2.24) is 5.32 Å². The van der Waals surface area contributed by atoms with E-state index in [-0.39, 0.29) is 5.91 Å². The van der Waals surface area contributed by atoms with E-state index < -0.39 is 5.54 Å². The molecule has 0 aromatic carbocycles. The number of amides is 1. The van der Waals surface area contributed by atoms with Gasteiger partial charge in [-0.1, -0.05) is 12.1 Å². The van der Waals surface area contributed by atoms with Gasteiger partial charge in [-0.2, -0.15) is 0 Å². The lowest BCUT2D eigenvalue weighted by Gasteiger charge is -2.23. The monoisotopic (exact) mass is 158 g/mol. The molecule has 1 atom stereocenters. The lowest BCUT2D eigenvalue weighted by atomic mass is 10.0. The molecule has 0 aliphatic carbocycles. The molecule has 4 heteroatoms. The highest BCUT2D eigenvalue weighted by atomic mass is 16.4. The maximum absolute atomic E-state index is 10.6. The van der Waals surface area contributed by atoms with E-state index in [4.69, 9.17) is 5.21 Å². The molecule has 0 aliphatic rings. The Morgan fingerprint density at radius 1 is 1.82 bits per heavy atom. The molecule has 4 nitrogen and oxygen atoms in total. The van der Waals surface area contributed by atoms with Gasteiger partial charge >= 0.3 is 0 Å². The molecule has 0 saturated heterocycles. The number of hydrogen-bond donors (Lipinski definition) is 2. The fourth-order valence-electron chi connectivity index (χ4n) is 0.742. The molecule has 2 N–H and O–H groups in total. The topological polar surface area (TPSA) is 61.7 Å². The maximum atomic E-state index is 10.6. The summed E-state index contributed by atoms with van der Waals surface area (Å²) in [6, 6.07) is 0. The fraction of sp³-hybridized carbons (Fsp3) is 0.714. The van der Waals surface area contributed by atoms with Crippen molar-refractivity contribution in [2.24, 2.45) is 5.16 Å². The Kier molecular flexibility index (Phi) is 3.57. The second-order valence-corrected chi connectivity index (χ2v) is 2.70. The molecule has 0 radical (unpaired) electrons. The summed E-state index contributed by atoms with van der Waals surface area (Å²) < 4.78 is 0. The van der Waals surface area contributed by atoms with Crippen molar-refractivity contribution < 1.29 is 10.0 Å². The van der Waals surface area contributed by atoms with Crippen LogP contribution in [0.5, 0.6) is 0 Å². The van der Waals surface area contributed by atoms with E-state index in [0.717, 1.165) is 0 Å². The van der Waals surface area contributed by atoms with Crippen LogP contribution in [0, 0.1) is 0 Å². The Balaban J connectivity index is 4.21. The summed E-state index contributed by atoms with van der Waals surface area (Å²) in [7, 11) is 0. The first-order valence-electron chi connectivity index (χ1n) is 3.51. The molecule has 0 aliphatic heterocycles. The van der Waals surface area contributed by atoms with Crippen LogP contribution in [-0.4, -0.2) is 22.9 Å². The third kappa shape index (κ3) is 3.60. The minimum absolute atomic E-state index is 0.130. The number of nitrogens with zero attached hydrogens (tertiary/aromatic N) is 1. The van der Waals surface area contributed by atoms with Crippen molar-refractivity contribution in [2.45, 2.75) is 32.7 Å². The number of nitrogens with one attached hydrogen (secondary N) is 1. The first-order chi connectivity index (χ1) is 5.04. The van der Waals surface area contributed by atoms with Crippen LogP contribution in [0.2, 0.25) is 0 Å². The van der Waals surface area contributed by atoms with E-state index >= 15 is 0 Å². The molecule has 11 heavy (non-hydrogen) atoms. The average Bonchev–Trinajstić information content (AvgIpc) is 1.87. The van der Waals surface area contributed by atoms with E-state index in [1.165, 1.54) is 13.1 Å². The molecular weight excluding hydrogens is 144 g/mol. The lowest BCUT2D eigenvalue weighted by Crippen LogP contribution is -2.45. The average molecular weight is 158 g/mol. The summed E-state index contributed by atoms with van der Waals surface area (Å²) in [5.41, 5.74) is -0.527. The van der Waals surface area contributed by atoms with Crippen molar-refractivity contribution in [3.8, 4) is 0 Å². The number of hydrogen-bond acceptors (Lipinski definition) is 3. The zero-order valence-corrected chi connectivity index (χ0v) is 7.09. The van der Waals surface area contributed by atoms with Crippen LogP contribution in [0.25, 0.3) is 0 Å².